The zero-order valence-corrected chi connectivity index (χ0v) is 23.0. The van der Waals surface area contributed by atoms with Crippen LogP contribution in [0.1, 0.15) is 35.1 Å². The lowest BCUT2D eigenvalue weighted by Crippen LogP contribution is -2.49. The molecule has 2 aliphatic heterocycles. The van der Waals surface area contributed by atoms with Gasteiger partial charge in [0.2, 0.25) is 5.91 Å². The molecule has 2 fully saturated rings. The number of aryl methyl sites for hydroxylation is 3. The second-order valence-corrected chi connectivity index (χ2v) is 11.6. The molecule has 1 N–H and O–H groups in total. The Labute approximate surface area is 219 Å². The summed E-state index contributed by atoms with van der Waals surface area (Å²) in [5.74, 6) is 0.233. The van der Waals surface area contributed by atoms with E-state index < -0.39 is 0 Å². The molecule has 7 heteroatoms. The zero-order chi connectivity index (χ0) is 25.2. The second-order valence-electron chi connectivity index (χ2n) is 10.5. The molecule has 2 aromatic carbocycles. The normalized spacial score (nSPS) is 19.2. The first-order chi connectivity index (χ1) is 17.4. The third kappa shape index (κ3) is 5.37. The Bertz CT molecular complexity index is 1230. The fourth-order valence-electron chi connectivity index (χ4n) is 5.63. The summed E-state index contributed by atoms with van der Waals surface area (Å²) in [6.45, 7) is 16.2. The molecule has 1 amide bonds. The van der Waals surface area contributed by atoms with Crippen LogP contribution < -0.4 is 15.1 Å². The fraction of sp³-hybridized carbons (Fsp3) is 0.517. The summed E-state index contributed by atoms with van der Waals surface area (Å²) in [6.07, 6.45) is 1.99. The molecular weight excluding hydrogens is 466 g/mol. The number of nitrogens with zero attached hydrogens (tertiary/aromatic N) is 4. The van der Waals surface area contributed by atoms with Crippen LogP contribution in [0.3, 0.4) is 0 Å². The molecule has 1 aromatic heterocycles. The molecule has 3 aromatic rings. The van der Waals surface area contributed by atoms with E-state index in [2.05, 4.69) is 78.0 Å². The Morgan fingerprint density at radius 1 is 1.03 bits per heavy atom. The maximum atomic E-state index is 13.0. The first-order valence-corrected chi connectivity index (χ1v) is 14.1. The van der Waals surface area contributed by atoms with E-state index >= 15 is 0 Å². The number of amides is 1. The van der Waals surface area contributed by atoms with E-state index in [1.54, 1.807) is 11.3 Å². The van der Waals surface area contributed by atoms with Crippen LogP contribution in [-0.4, -0.2) is 68.1 Å². The van der Waals surface area contributed by atoms with Gasteiger partial charge in [-0.05, 0) is 74.9 Å². The monoisotopic (exact) mass is 505 g/mol. The van der Waals surface area contributed by atoms with E-state index in [4.69, 9.17) is 4.98 Å². The summed E-state index contributed by atoms with van der Waals surface area (Å²) in [5, 5.41) is 4.29. The van der Waals surface area contributed by atoms with Gasteiger partial charge in [0, 0.05) is 58.0 Å². The molecular formula is C29H39N5OS. The largest absolute Gasteiger partial charge is 0.369 e. The number of aromatic nitrogens is 1. The summed E-state index contributed by atoms with van der Waals surface area (Å²) < 4.78 is 1.24. The number of fused-ring (bicyclic) bond motifs is 1. The minimum absolute atomic E-state index is 0.0368. The van der Waals surface area contributed by atoms with E-state index in [0.717, 1.165) is 75.8 Å². The predicted octanol–water partition coefficient (Wildman–Crippen LogP) is 4.68. The molecule has 0 saturated carbocycles. The summed E-state index contributed by atoms with van der Waals surface area (Å²) in [5.41, 5.74) is 7.71. The van der Waals surface area contributed by atoms with E-state index in [1.807, 2.05) is 0 Å². The zero-order valence-electron chi connectivity index (χ0n) is 22.1. The molecule has 0 radical (unpaired) electrons. The summed E-state index contributed by atoms with van der Waals surface area (Å²) in [7, 11) is 0. The number of carbonyl (C=O) groups is 1. The van der Waals surface area contributed by atoms with Crippen LogP contribution in [0.2, 0.25) is 0 Å². The van der Waals surface area contributed by atoms with Crippen molar-refractivity contribution in [2.45, 2.75) is 40.5 Å². The minimum Gasteiger partial charge on any atom is -0.369 e. The molecule has 0 aliphatic carbocycles. The lowest BCUT2D eigenvalue weighted by atomic mass is 9.97. The van der Waals surface area contributed by atoms with Crippen molar-refractivity contribution >= 4 is 38.3 Å². The molecule has 2 saturated heterocycles. The summed E-state index contributed by atoms with van der Waals surface area (Å²) in [4.78, 5) is 25.2. The van der Waals surface area contributed by atoms with Gasteiger partial charge in [0.05, 0.1) is 16.1 Å². The number of anilines is 2. The quantitative estimate of drug-likeness (QED) is 0.527. The Morgan fingerprint density at radius 3 is 2.64 bits per heavy atom. The van der Waals surface area contributed by atoms with E-state index in [9.17, 15) is 4.79 Å². The van der Waals surface area contributed by atoms with Gasteiger partial charge in [-0.25, -0.2) is 4.98 Å². The third-order valence-corrected chi connectivity index (χ3v) is 8.96. The van der Waals surface area contributed by atoms with Gasteiger partial charge >= 0.3 is 0 Å². The van der Waals surface area contributed by atoms with Gasteiger partial charge in [0.25, 0.3) is 0 Å². The van der Waals surface area contributed by atoms with Crippen molar-refractivity contribution in [1.29, 1.82) is 0 Å². The fourth-order valence-corrected chi connectivity index (χ4v) is 6.81. The molecule has 2 aliphatic rings. The highest BCUT2D eigenvalue weighted by atomic mass is 32.1. The van der Waals surface area contributed by atoms with Crippen LogP contribution in [-0.2, 0) is 4.79 Å². The molecule has 5 rings (SSSR count). The van der Waals surface area contributed by atoms with Gasteiger partial charge in [-0.1, -0.05) is 29.5 Å². The number of thiazole rings is 1. The van der Waals surface area contributed by atoms with Gasteiger partial charge in [-0.3, -0.25) is 9.69 Å². The lowest BCUT2D eigenvalue weighted by Gasteiger charge is -2.37. The van der Waals surface area contributed by atoms with Crippen molar-refractivity contribution in [2.75, 3.05) is 62.2 Å². The van der Waals surface area contributed by atoms with Crippen molar-refractivity contribution in [3.63, 3.8) is 0 Å². The Morgan fingerprint density at radius 2 is 1.83 bits per heavy atom. The minimum atomic E-state index is 0.0368. The molecule has 1 atom stereocenters. The van der Waals surface area contributed by atoms with Gasteiger partial charge in [0.1, 0.15) is 0 Å². The number of hydrogen-bond donors (Lipinski definition) is 1. The number of hydrogen-bond acceptors (Lipinski definition) is 6. The van der Waals surface area contributed by atoms with Crippen molar-refractivity contribution in [1.82, 2.24) is 15.2 Å². The van der Waals surface area contributed by atoms with Crippen molar-refractivity contribution < 1.29 is 4.79 Å². The van der Waals surface area contributed by atoms with E-state index in [1.165, 1.54) is 32.6 Å². The number of piperazine rings is 1. The number of nitrogens with one attached hydrogen (secondary N) is 1. The van der Waals surface area contributed by atoms with Crippen molar-refractivity contribution in [3.8, 4) is 0 Å². The summed E-state index contributed by atoms with van der Waals surface area (Å²) in [6, 6.07) is 11.0. The topological polar surface area (TPSA) is 51.7 Å². The number of carbonyl (C=O) groups excluding carboxylic acids is 1. The van der Waals surface area contributed by atoms with E-state index in [0.29, 0.717) is 0 Å². The average molecular weight is 506 g/mol. The molecule has 0 spiro atoms. The molecule has 0 bridgehead atoms. The Balaban J connectivity index is 1.09. The highest BCUT2D eigenvalue weighted by Crippen LogP contribution is 2.33. The number of benzene rings is 2. The highest BCUT2D eigenvalue weighted by molar-refractivity contribution is 7.22. The van der Waals surface area contributed by atoms with Gasteiger partial charge < -0.3 is 15.1 Å². The Kier molecular flexibility index (Phi) is 7.49. The van der Waals surface area contributed by atoms with E-state index in [-0.39, 0.29) is 11.8 Å². The second kappa shape index (κ2) is 10.8. The highest BCUT2D eigenvalue weighted by Gasteiger charge is 2.28. The number of rotatable bonds is 6. The molecule has 36 heavy (non-hydrogen) atoms. The average Bonchev–Trinajstić information content (AvgIpc) is 3.31. The standard InChI is InChI=1S/C29H39N5OS/c1-20-17-22(3)27-26(18-20)36-29(31-27)34-11-6-8-24(19-34)28(35)30-10-12-32-13-15-33(16-14-32)25-9-5-7-21(2)23(25)4/h5,7,9,17-18,24H,6,8,10-16,19H2,1-4H3,(H,30,35)/t24-/m0/s1. The SMILES string of the molecule is Cc1cc(C)c2nc(N3CCC[C@H](C(=O)NCCN4CCN(c5cccc(C)c5C)CC4)C3)sc2c1. The van der Waals surface area contributed by atoms with Crippen LogP contribution in [0.25, 0.3) is 10.2 Å². The van der Waals surface area contributed by atoms with Gasteiger partial charge in [0.15, 0.2) is 5.13 Å². The molecule has 192 valence electrons. The molecule has 0 unspecified atom stereocenters. The van der Waals surface area contributed by atoms with Crippen LogP contribution in [0.5, 0.6) is 0 Å². The maximum Gasteiger partial charge on any atom is 0.224 e. The number of piperidine rings is 1. The molecule has 6 nitrogen and oxygen atoms in total. The van der Waals surface area contributed by atoms with Crippen molar-refractivity contribution in [2.24, 2.45) is 5.92 Å². The van der Waals surface area contributed by atoms with Crippen LogP contribution in [0, 0.1) is 33.6 Å². The van der Waals surface area contributed by atoms with Crippen LogP contribution in [0.15, 0.2) is 30.3 Å². The maximum absolute atomic E-state index is 13.0. The van der Waals surface area contributed by atoms with Crippen molar-refractivity contribution in [3.05, 3.63) is 52.6 Å². The summed E-state index contributed by atoms with van der Waals surface area (Å²) >= 11 is 1.76. The Hall–Kier alpha value is -2.64. The lowest BCUT2D eigenvalue weighted by molar-refractivity contribution is -0.125. The van der Waals surface area contributed by atoms with Gasteiger partial charge in [-0.2, -0.15) is 0 Å². The smallest absolute Gasteiger partial charge is 0.224 e. The molecule has 3 heterocycles. The van der Waals surface area contributed by atoms with Gasteiger partial charge in [-0.15, -0.1) is 0 Å². The first-order valence-electron chi connectivity index (χ1n) is 13.3. The van der Waals surface area contributed by atoms with Crippen LogP contribution in [0.4, 0.5) is 10.8 Å². The third-order valence-electron chi connectivity index (χ3n) is 7.90. The predicted molar refractivity (Wildman–Crippen MR) is 152 cm³/mol. The first kappa shape index (κ1) is 25.0. The van der Waals surface area contributed by atoms with Crippen LogP contribution >= 0.6 is 11.3 Å².